The lowest BCUT2D eigenvalue weighted by atomic mass is 9.97. The van der Waals surface area contributed by atoms with Gasteiger partial charge in [-0.15, -0.1) is 6.58 Å². The molecule has 1 heterocycles. The minimum Gasteiger partial charge on any atom is -0.347 e. The summed E-state index contributed by atoms with van der Waals surface area (Å²) in [5.41, 5.74) is 0.725. The summed E-state index contributed by atoms with van der Waals surface area (Å²) in [4.78, 5) is 0. The molecule has 1 saturated heterocycles. The Morgan fingerprint density at radius 2 is 2.16 bits per heavy atom. The van der Waals surface area contributed by atoms with E-state index in [-0.39, 0.29) is 12.2 Å². The molecule has 0 aromatic carbocycles. The van der Waals surface area contributed by atoms with Crippen LogP contribution in [0.25, 0.3) is 0 Å². The summed E-state index contributed by atoms with van der Waals surface area (Å²) in [6.07, 6.45) is 6.16. The van der Waals surface area contributed by atoms with Crippen molar-refractivity contribution in [2.45, 2.75) is 44.1 Å². The summed E-state index contributed by atoms with van der Waals surface area (Å²) in [7, 11) is 0. The zero-order valence-electron chi connectivity index (χ0n) is 11.0. The van der Waals surface area contributed by atoms with Crippen LogP contribution in [0.2, 0.25) is 0 Å². The largest absolute Gasteiger partial charge is 0.347 e. The summed E-state index contributed by atoms with van der Waals surface area (Å²) in [5, 5.41) is 0. The normalized spacial score (nSPS) is 25.9. The molecule has 0 bridgehead atoms. The Morgan fingerprint density at radius 1 is 1.42 bits per heavy atom. The molecule has 1 aliphatic heterocycles. The van der Waals surface area contributed by atoms with Crippen molar-refractivity contribution in [1.82, 2.24) is 0 Å². The lowest BCUT2D eigenvalue weighted by Crippen LogP contribution is -2.29. The van der Waals surface area contributed by atoms with Crippen molar-refractivity contribution in [1.29, 1.82) is 0 Å². The van der Waals surface area contributed by atoms with Crippen LogP contribution in [0.3, 0.4) is 0 Å². The third kappa shape index (κ3) is 3.98. The molecular weight excluding hydrogens is 250 g/mol. The fourth-order valence-corrected chi connectivity index (χ4v) is 2.58. The molecule has 0 amide bonds. The van der Waals surface area contributed by atoms with Crippen molar-refractivity contribution in [2.75, 3.05) is 13.2 Å². The van der Waals surface area contributed by atoms with Crippen molar-refractivity contribution >= 4 is 0 Å². The van der Waals surface area contributed by atoms with Crippen molar-refractivity contribution in [3.05, 3.63) is 36.2 Å². The van der Waals surface area contributed by atoms with Crippen LogP contribution in [0.1, 0.15) is 32.1 Å². The van der Waals surface area contributed by atoms with Gasteiger partial charge in [0.15, 0.2) is 5.79 Å². The second-order valence-electron chi connectivity index (χ2n) is 5.01. The number of allylic oxidation sites excluding steroid dienone is 4. The van der Waals surface area contributed by atoms with Gasteiger partial charge < -0.3 is 9.47 Å². The minimum absolute atomic E-state index is 0.129. The average molecular weight is 270 g/mol. The van der Waals surface area contributed by atoms with E-state index in [0.29, 0.717) is 32.5 Å². The van der Waals surface area contributed by atoms with E-state index >= 15 is 0 Å². The lowest BCUT2D eigenvalue weighted by Gasteiger charge is -2.26. The van der Waals surface area contributed by atoms with Gasteiger partial charge in [-0.25, -0.2) is 8.78 Å². The molecule has 0 radical (unpaired) electrons. The molecule has 2 aliphatic rings. The van der Waals surface area contributed by atoms with E-state index in [1.165, 1.54) is 12.2 Å². The maximum absolute atomic E-state index is 13.2. The summed E-state index contributed by atoms with van der Waals surface area (Å²) >= 11 is 0. The third-order valence-corrected chi connectivity index (χ3v) is 3.42. The predicted molar refractivity (Wildman–Crippen MR) is 70.1 cm³/mol. The van der Waals surface area contributed by atoms with Gasteiger partial charge in [0, 0.05) is 19.3 Å². The highest BCUT2D eigenvalue weighted by molar-refractivity contribution is 5.27. The molecule has 0 N–H and O–H groups in total. The number of rotatable bonds is 6. The first-order chi connectivity index (χ1) is 9.13. The predicted octanol–water partition coefficient (Wildman–Crippen LogP) is 4.00. The average Bonchev–Trinajstić information content (AvgIpc) is 2.77. The monoisotopic (exact) mass is 270 g/mol. The van der Waals surface area contributed by atoms with Crippen molar-refractivity contribution in [3.8, 4) is 0 Å². The fourth-order valence-electron chi connectivity index (χ4n) is 2.58. The molecule has 1 aliphatic carbocycles. The highest BCUT2D eigenvalue weighted by Gasteiger charge is 2.34. The number of hydrogen-bond donors (Lipinski definition) is 0. The van der Waals surface area contributed by atoms with Crippen LogP contribution in [0.5, 0.6) is 0 Å². The van der Waals surface area contributed by atoms with E-state index < -0.39 is 12.0 Å². The van der Waals surface area contributed by atoms with Gasteiger partial charge >= 0.3 is 0 Å². The molecule has 4 heteroatoms. The zero-order valence-corrected chi connectivity index (χ0v) is 11.0. The van der Waals surface area contributed by atoms with E-state index in [0.717, 1.165) is 12.0 Å². The van der Waals surface area contributed by atoms with Crippen LogP contribution in [0.15, 0.2) is 36.2 Å². The minimum atomic E-state index is -1.19. The third-order valence-electron chi connectivity index (χ3n) is 3.42. The van der Waals surface area contributed by atoms with E-state index in [4.69, 9.17) is 9.47 Å². The van der Waals surface area contributed by atoms with Crippen molar-refractivity contribution in [2.24, 2.45) is 0 Å². The zero-order chi connectivity index (χ0) is 13.7. The van der Waals surface area contributed by atoms with Crippen LogP contribution in [-0.2, 0) is 9.47 Å². The first kappa shape index (κ1) is 14.4. The van der Waals surface area contributed by atoms with Crippen molar-refractivity contribution < 1.29 is 18.3 Å². The molecule has 1 unspecified atom stereocenters. The van der Waals surface area contributed by atoms with Crippen LogP contribution < -0.4 is 0 Å². The summed E-state index contributed by atoms with van der Waals surface area (Å²) in [5.74, 6) is -0.951. The number of halogens is 2. The van der Waals surface area contributed by atoms with Gasteiger partial charge in [0.2, 0.25) is 0 Å². The fraction of sp³-hybridized carbons (Fsp3) is 0.600. The smallest absolute Gasteiger partial charge is 0.171 e. The molecular formula is C15H20F2O2. The van der Waals surface area contributed by atoms with Gasteiger partial charge in [0.05, 0.1) is 13.2 Å². The van der Waals surface area contributed by atoms with E-state index in [1.54, 1.807) is 6.08 Å². The Bertz CT molecular complexity index is 382. The second-order valence-corrected chi connectivity index (χ2v) is 5.01. The van der Waals surface area contributed by atoms with E-state index in [2.05, 4.69) is 6.58 Å². The van der Waals surface area contributed by atoms with Crippen LogP contribution in [-0.4, -0.2) is 25.2 Å². The van der Waals surface area contributed by atoms with Gasteiger partial charge in [-0.1, -0.05) is 6.08 Å². The van der Waals surface area contributed by atoms with Gasteiger partial charge in [-0.05, 0) is 30.6 Å². The van der Waals surface area contributed by atoms with Gasteiger partial charge in [0.1, 0.15) is 12.0 Å². The summed E-state index contributed by atoms with van der Waals surface area (Å²) in [6.45, 7) is 4.90. The quantitative estimate of drug-likeness (QED) is 0.679. The standard InChI is InChI=1S/C15H20F2O2/c1-2-5-15(18-7-8-19-15)6-3-4-12-9-13(16)11-14(17)10-12/h2,9-10,13H,1,3-8,11H2. The first-order valence-electron chi connectivity index (χ1n) is 6.73. The Kier molecular flexibility index (Phi) is 4.88. The lowest BCUT2D eigenvalue weighted by molar-refractivity contribution is -0.159. The molecule has 1 fully saturated rings. The molecule has 106 valence electrons. The Hall–Kier alpha value is -1.00. The number of hydrogen-bond acceptors (Lipinski definition) is 2. The van der Waals surface area contributed by atoms with E-state index in [1.807, 2.05) is 0 Å². The van der Waals surface area contributed by atoms with Crippen LogP contribution in [0, 0.1) is 0 Å². The van der Waals surface area contributed by atoms with Gasteiger partial charge in [-0.3, -0.25) is 0 Å². The van der Waals surface area contributed by atoms with Crippen molar-refractivity contribution in [3.63, 3.8) is 0 Å². The highest BCUT2D eigenvalue weighted by atomic mass is 19.1. The molecule has 0 spiro atoms. The molecule has 0 aromatic heterocycles. The van der Waals surface area contributed by atoms with Gasteiger partial charge in [0.25, 0.3) is 0 Å². The maximum atomic E-state index is 13.2. The molecule has 1 atom stereocenters. The molecule has 19 heavy (non-hydrogen) atoms. The Morgan fingerprint density at radius 3 is 2.79 bits per heavy atom. The maximum Gasteiger partial charge on any atom is 0.171 e. The van der Waals surface area contributed by atoms with Gasteiger partial charge in [-0.2, -0.15) is 0 Å². The van der Waals surface area contributed by atoms with Crippen LogP contribution in [0.4, 0.5) is 8.78 Å². The molecule has 2 rings (SSSR count). The SMILES string of the molecule is C=CCC1(CCCC2=CC(F)CC(F)=C2)OCCO1. The molecule has 0 aromatic rings. The molecule has 0 saturated carbocycles. The second kappa shape index (κ2) is 6.44. The highest BCUT2D eigenvalue weighted by Crippen LogP contribution is 2.31. The van der Waals surface area contributed by atoms with Crippen LogP contribution >= 0.6 is 0 Å². The summed E-state index contributed by atoms with van der Waals surface area (Å²) in [6, 6.07) is 0. The Labute approximate surface area is 112 Å². The number of alkyl halides is 1. The number of ether oxygens (including phenoxy) is 2. The topological polar surface area (TPSA) is 18.5 Å². The Balaban J connectivity index is 1.84. The summed E-state index contributed by atoms with van der Waals surface area (Å²) < 4.78 is 37.6. The first-order valence-corrected chi connectivity index (χ1v) is 6.73. The van der Waals surface area contributed by atoms with E-state index in [9.17, 15) is 8.78 Å². The molecule has 2 nitrogen and oxygen atoms in total.